The molecule has 0 aliphatic heterocycles. The molecule has 0 fully saturated rings. The van der Waals surface area contributed by atoms with Crippen LogP contribution in [0.2, 0.25) is 0 Å². The highest BCUT2D eigenvalue weighted by Gasteiger charge is 2.04. The van der Waals surface area contributed by atoms with Crippen molar-refractivity contribution in [2.75, 3.05) is 13.1 Å². The highest BCUT2D eigenvalue weighted by molar-refractivity contribution is 5.77. The first-order valence-electron chi connectivity index (χ1n) is 10.4. The van der Waals surface area contributed by atoms with Crippen molar-refractivity contribution in [1.82, 2.24) is 10.6 Å². The van der Waals surface area contributed by atoms with E-state index in [4.69, 9.17) is 10.2 Å². The minimum atomic E-state index is -0.764. The molecule has 0 radical (unpaired) electrons. The molecule has 0 saturated heterocycles. The van der Waals surface area contributed by atoms with E-state index in [1.54, 1.807) is 0 Å². The molecule has 0 saturated carbocycles. The Morgan fingerprint density at radius 1 is 0.464 bits per heavy atom. The van der Waals surface area contributed by atoms with Gasteiger partial charge in [-0.3, -0.25) is 19.2 Å². The van der Waals surface area contributed by atoms with Crippen LogP contribution < -0.4 is 10.6 Å². The number of carbonyl (C=O) groups excluding carboxylic acids is 2. The van der Waals surface area contributed by atoms with E-state index < -0.39 is 11.9 Å². The Morgan fingerprint density at radius 2 is 0.750 bits per heavy atom. The zero-order valence-electron chi connectivity index (χ0n) is 16.8. The predicted octanol–water partition coefficient (Wildman–Crippen LogP) is 2.85. The van der Waals surface area contributed by atoms with E-state index in [1.807, 2.05) is 0 Å². The maximum Gasteiger partial charge on any atom is 0.303 e. The molecule has 0 aliphatic rings. The van der Waals surface area contributed by atoms with E-state index in [0.29, 0.717) is 38.8 Å². The van der Waals surface area contributed by atoms with Crippen LogP contribution >= 0.6 is 0 Å². The molecule has 0 bridgehead atoms. The number of hydrogen-bond donors (Lipinski definition) is 4. The fraction of sp³-hybridized carbons (Fsp3) is 0.800. The van der Waals surface area contributed by atoms with Crippen molar-refractivity contribution in [3.63, 3.8) is 0 Å². The third-order valence-corrected chi connectivity index (χ3v) is 4.36. The Kier molecular flexibility index (Phi) is 16.9. The van der Waals surface area contributed by atoms with E-state index in [0.717, 1.165) is 51.4 Å². The Bertz CT molecular complexity index is 426. The first kappa shape index (κ1) is 25.9. The Balaban J connectivity index is 3.36. The number of carboxylic acids is 2. The van der Waals surface area contributed by atoms with Crippen molar-refractivity contribution in [2.45, 2.75) is 89.9 Å². The van der Waals surface area contributed by atoms with Gasteiger partial charge in [-0.25, -0.2) is 0 Å². The van der Waals surface area contributed by atoms with Crippen molar-refractivity contribution < 1.29 is 29.4 Å². The summed E-state index contributed by atoms with van der Waals surface area (Å²) in [6, 6.07) is 0. The normalized spacial score (nSPS) is 10.4. The van der Waals surface area contributed by atoms with Crippen LogP contribution in [-0.4, -0.2) is 47.1 Å². The predicted molar refractivity (Wildman–Crippen MR) is 106 cm³/mol. The number of carboxylic acid groups (broad SMARTS) is 2. The molecule has 2 amide bonds. The molecular formula is C20H36N2O6. The average molecular weight is 401 g/mol. The van der Waals surface area contributed by atoms with Crippen LogP contribution in [0.1, 0.15) is 89.9 Å². The second-order valence-corrected chi connectivity index (χ2v) is 7.02. The molecule has 0 heterocycles. The molecule has 8 nitrogen and oxygen atoms in total. The second kappa shape index (κ2) is 18.3. The summed E-state index contributed by atoms with van der Waals surface area (Å²) in [7, 11) is 0. The first-order chi connectivity index (χ1) is 13.4. The van der Waals surface area contributed by atoms with Gasteiger partial charge < -0.3 is 20.8 Å². The molecule has 8 heteroatoms. The summed E-state index contributed by atoms with van der Waals surface area (Å²) in [6.07, 6.45) is 9.74. The van der Waals surface area contributed by atoms with Crippen LogP contribution in [0.5, 0.6) is 0 Å². The Hall–Kier alpha value is -2.12. The topological polar surface area (TPSA) is 133 Å². The summed E-state index contributed by atoms with van der Waals surface area (Å²) in [5, 5.41) is 22.6. The van der Waals surface area contributed by atoms with Gasteiger partial charge in [-0.05, 0) is 25.7 Å². The summed E-state index contributed by atoms with van der Waals surface area (Å²) in [4.78, 5) is 44.1. The second-order valence-electron chi connectivity index (χ2n) is 7.02. The third kappa shape index (κ3) is 20.2. The minimum absolute atomic E-state index is 0.0267. The number of amides is 2. The van der Waals surface area contributed by atoms with E-state index in [1.165, 1.54) is 0 Å². The molecule has 28 heavy (non-hydrogen) atoms. The monoisotopic (exact) mass is 400 g/mol. The lowest BCUT2D eigenvalue weighted by Crippen LogP contribution is -2.34. The van der Waals surface area contributed by atoms with Crippen LogP contribution in [-0.2, 0) is 19.2 Å². The molecule has 0 spiro atoms. The van der Waals surface area contributed by atoms with Gasteiger partial charge in [0.25, 0.3) is 0 Å². The molecule has 4 N–H and O–H groups in total. The summed E-state index contributed by atoms with van der Waals surface area (Å²) < 4.78 is 0. The molecule has 0 unspecified atom stereocenters. The highest BCUT2D eigenvalue weighted by Crippen LogP contribution is 2.08. The lowest BCUT2D eigenvalue weighted by Gasteiger charge is -2.07. The molecule has 0 aromatic carbocycles. The van der Waals surface area contributed by atoms with Crippen molar-refractivity contribution in [2.24, 2.45) is 0 Å². The zero-order valence-corrected chi connectivity index (χ0v) is 16.8. The van der Waals surface area contributed by atoms with Crippen molar-refractivity contribution in [1.29, 1.82) is 0 Å². The van der Waals surface area contributed by atoms with Gasteiger partial charge in [0.2, 0.25) is 11.8 Å². The number of carbonyl (C=O) groups is 4. The standard InChI is InChI=1S/C20H36N2O6/c23-17(11-7-3-1-5-9-13-19(25)26)21-15-16-22-18(24)12-8-4-2-6-10-14-20(27)28/h1-16H2,(H,21,23)(H,22,24)(H,25,26)(H,27,28). The minimum Gasteiger partial charge on any atom is -0.481 e. The lowest BCUT2D eigenvalue weighted by molar-refractivity contribution is -0.138. The SMILES string of the molecule is O=C(O)CCCCCCCC(=O)NCCNC(=O)CCCCCCCC(=O)O. The highest BCUT2D eigenvalue weighted by atomic mass is 16.4. The number of hydrogen-bond acceptors (Lipinski definition) is 4. The summed E-state index contributed by atoms with van der Waals surface area (Å²) in [5.74, 6) is -1.58. The largest absolute Gasteiger partial charge is 0.481 e. The smallest absolute Gasteiger partial charge is 0.303 e. The van der Waals surface area contributed by atoms with Crippen molar-refractivity contribution in [3.8, 4) is 0 Å². The van der Waals surface area contributed by atoms with E-state index in [-0.39, 0.29) is 24.7 Å². The first-order valence-corrected chi connectivity index (χ1v) is 10.4. The van der Waals surface area contributed by atoms with Crippen LogP contribution in [0.3, 0.4) is 0 Å². The molecule has 0 atom stereocenters. The number of nitrogens with one attached hydrogen (secondary N) is 2. The average Bonchev–Trinajstić information content (AvgIpc) is 2.63. The summed E-state index contributed by atoms with van der Waals surface area (Å²) >= 11 is 0. The van der Waals surface area contributed by atoms with Gasteiger partial charge in [-0.1, -0.05) is 38.5 Å². The Labute approximate surface area is 167 Å². The molecule has 0 rings (SSSR count). The number of unbranched alkanes of at least 4 members (excludes halogenated alkanes) is 8. The van der Waals surface area contributed by atoms with Gasteiger partial charge in [0.1, 0.15) is 0 Å². The molecule has 0 aromatic heterocycles. The van der Waals surface area contributed by atoms with Gasteiger partial charge >= 0.3 is 11.9 Å². The van der Waals surface area contributed by atoms with Gasteiger partial charge in [-0.2, -0.15) is 0 Å². The maximum atomic E-state index is 11.7. The van der Waals surface area contributed by atoms with Crippen LogP contribution in [0.15, 0.2) is 0 Å². The van der Waals surface area contributed by atoms with Gasteiger partial charge in [-0.15, -0.1) is 0 Å². The van der Waals surface area contributed by atoms with E-state index in [9.17, 15) is 19.2 Å². The van der Waals surface area contributed by atoms with Crippen molar-refractivity contribution in [3.05, 3.63) is 0 Å². The molecular weight excluding hydrogens is 364 g/mol. The maximum absolute atomic E-state index is 11.7. The lowest BCUT2D eigenvalue weighted by atomic mass is 10.1. The Morgan fingerprint density at radius 3 is 1.07 bits per heavy atom. The quantitative estimate of drug-likeness (QED) is 0.246. The fourth-order valence-corrected chi connectivity index (χ4v) is 2.76. The van der Waals surface area contributed by atoms with E-state index in [2.05, 4.69) is 10.6 Å². The van der Waals surface area contributed by atoms with Crippen LogP contribution in [0.25, 0.3) is 0 Å². The fourth-order valence-electron chi connectivity index (χ4n) is 2.76. The van der Waals surface area contributed by atoms with Crippen LogP contribution in [0, 0.1) is 0 Å². The van der Waals surface area contributed by atoms with E-state index >= 15 is 0 Å². The van der Waals surface area contributed by atoms with Gasteiger partial charge in [0.05, 0.1) is 0 Å². The van der Waals surface area contributed by atoms with Crippen LogP contribution in [0.4, 0.5) is 0 Å². The number of rotatable bonds is 19. The zero-order chi connectivity index (χ0) is 21.0. The van der Waals surface area contributed by atoms with Crippen molar-refractivity contribution >= 4 is 23.8 Å². The number of aliphatic carboxylic acids is 2. The van der Waals surface area contributed by atoms with Gasteiger partial charge in [0.15, 0.2) is 0 Å². The molecule has 0 aromatic rings. The third-order valence-electron chi connectivity index (χ3n) is 4.36. The summed E-state index contributed by atoms with van der Waals surface area (Å²) in [5.41, 5.74) is 0. The summed E-state index contributed by atoms with van der Waals surface area (Å²) in [6.45, 7) is 0.830. The molecule has 0 aliphatic carbocycles. The molecule has 162 valence electrons. The van der Waals surface area contributed by atoms with Gasteiger partial charge in [0, 0.05) is 38.8 Å².